The second-order valence-corrected chi connectivity index (χ2v) is 7.23. The number of benzene rings is 1. The predicted molar refractivity (Wildman–Crippen MR) is 107 cm³/mol. The van der Waals surface area contributed by atoms with Crippen molar-refractivity contribution in [3.63, 3.8) is 0 Å². The summed E-state index contributed by atoms with van der Waals surface area (Å²) < 4.78 is 24.8. The minimum atomic E-state index is -0.835. The Morgan fingerprint density at radius 1 is 1.30 bits per heavy atom. The van der Waals surface area contributed by atoms with Crippen LogP contribution in [-0.4, -0.2) is 60.6 Å². The average Bonchev–Trinajstić information content (AvgIpc) is 3.15. The molecule has 158 valence electrons. The van der Waals surface area contributed by atoms with Crippen LogP contribution in [0.3, 0.4) is 0 Å². The third-order valence-electron chi connectivity index (χ3n) is 5.57. The fourth-order valence-electron chi connectivity index (χ4n) is 4.06. The quantitative estimate of drug-likeness (QED) is 0.761. The summed E-state index contributed by atoms with van der Waals surface area (Å²) in [6.07, 6.45) is 0. The number of nitrogens with one attached hydrogen (secondary N) is 2. The lowest BCUT2D eigenvalue weighted by Gasteiger charge is -2.43. The fraction of sp³-hybridized carbons (Fsp3) is 0.400. The van der Waals surface area contributed by atoms with Gasteiger partial charge in [-0.1, -0.05) is 30.3 Å². The van der Waals surface area contributed by atoms with Gasteiger partial charge in [0.1, 0.15) is 0 Å². The van der Waals surface area contributed by atoms with E-state index in [-0.39, 0.29) is 36.2 Å². The summed E-state index contributed by atoms with van der Waals surface area (Å²) in [5, 5.41) is 11.5. The first-order valence-corrected chi connectivity index (χ1v) is 9.60. The number of hydrogen-bond acceptors (Lipinski definition) is 7. The van der Waals surface area contributed by atoms with Crippen molar-refractivity contribution in [3.05, 3.63) is 41.7 Å². The summed E-state index contributed by atoms with van der Waals surface area (Å²) in [5.41, 5.74) is 0.0430. The number of anilines is 1. The van der Waals surface area contributed by atoms with Gasteiger partial charge in [-0.05, 0) is 12.5 Å². The maximum Gasteiger partial charge on any atom is 0.259 e. The van der Waals surface area contributed by atoms with E-state index in [0.717, 1.165) is 5.56 Å². The second-order valence-electron chi connectivity index (χ2n) is 7.23. The first-order chi connectivity index (χ1) is 14.4. The van der Waals surface area contributed by atoms with Gasteiger partial charge in [0.2, 0.25) is 17.7 Å². The van der Waals surface area contributed by atoms with Crippen LogP contribution in [0.1, 0.15) is 12.5 Å². The van der Waals surface area contributed by atoms with Gasteiger partial charge in [-0.25, -0.2) is 0 Å². The Morgan fingerprint density at radius 3 is 2.67 bits per heavy atom. The van der Waals surface area contributed by atoms with E-state index < -0.39 is 17.3 Å². The standard InChI is InChI=1S/C20H23FN6O3/c1-4-30-16-14(21)15(29-3)23-19(24-16)27-10-13-17(28)26(2)18(22)25-20(13,11-27)12-8-6-5-7-9-12/h5-9,13H,4,10-11H2,1-3H3,(H2,22,25)/t13-,20+/m0/s1. The van der Waals surface area contributed by atoms with Crippen molar-refractivity contribution in [1.82, 2.24) is 20.2 Å². The lowest BCUT2D eigenvalue weighted by atomic mass is 9.78. The average molecular weight is 414 g/mol. The van der Waals surface area contributed by atoms with Gasteiger partial charge in [-0.15, -0.1) is 0 Å². The van der Waals surface area contributed by atoms with Gasteiger partial charge in [0.15, 0.2) is 5.96 Å². The second kappa shape index (κ2) is 7.43. The van der Waals surface area contributed by atoms with E-state index in [0.29, 0.717) is 13.1 Å². The van der Waals surface area contributed by atoms with E-state index in [2.05, 4.69) is 15.3 Å². The van der Waals surface area contributed by atoms with Gasteiger partial charge < -0.3 is 19.7 Å². The highest BCUT2D eigenvalue weighted by atomic mass is 19.1. The highest BCUT2D eigenvalue weighted by molar-refractivity contribution is 6.01. The molecule has 2 aliphatic heterocycles. The van der Waals surface area contributed by atoms with Crippen LogP contribution in [0.4, 0.5) is 10.3 Å². The summed E-state index contributed by atoms with van der Waals surface area (Å²) >= 11 is 0. The number of guanidine groups is 1. The summed E-state index contributed by atoms with van der Waals surface area (Å²) in [7, 11) is 2.89. The molecule has 2 saturated heterocycles. The summed E-state index contributed by atoms with van der Waals surface area (Å²) in [4.78, 5) is 24.6. The smallest absolute Gasteiger partial charge is 0.259 e. The zero-order chi connectivity index (χ0) is 21.5. The minimum Gasteiger partial charge on any atom is -0.479 e. The predicted octanol–water partition coefficient (Wildman–Crippen LogP) is 1.35. The van der Waals surface area contributed by atoms with Crippen LogP contribution in [0.15, 0.2) is 30.3 Å². The third-order valence-corrected chi connectivity index (χ3v) is 5.57. The molecule has 2 N–H and O–H groups in total. The van der Waals surface area contributed by atoms with Gasteiger partial charge in [0.25, 0.3) is 11.8 Å². The molecule has 0 spiro atoms. The molecule has 0 unspecified atom stereocenters. The Hall–Kier alpha value is -3.43. The Morgan fingerprint density at radius 2 is 2.00 bits per heavy atom. The number of amides is 1. The highest BCUT2D eigenvalue weighted by Crippen LogP contribution is 2.42. The van der Waals surface area contributed by atoms with Gasteiger partial charge in [-0.3, -0.25) is 15.1 Å². The van der Waals surface area contributed by atoms with E-state index >= 15 is 0 Å². The van der Waals surface area contributed by atoms with Crippen molar-refractivity contribution in [2.24, 2.45) is 5.92 Å². The van der Waals surface area contributed by atoms with Crippen LogP contribution in [0.25, 0.3) is 0 Å². The van der Waals surface area contributed by atoms with Gasteiger partial charge in [-0.2, -0.15) is 14.4 Å². The molecule has 0 aliphatic carbocycles. The molecule has 0 saturated carbocycles. The van der Waals surface area contributed by atoms with Crippen LogP contribution < -0.4 is 19.7 Å². The minimum absolute atomic E-state index is 0.0227. The molecule has 1 amide bonds. The van der Waals surface area contributed by atoms with E-state index in [1.165, 1.54) is 12.0 Å². The normalized spacial score (nSPS) is 23.3. The fourth-order valence-corrected chi connectivity index (χ4v) is 4.06. The van der Waals surface area contributed by atoms with Crippen molar-refractivity contribution in [2.75, 3.05) is 38.8 Å². The van der Waals surface area contributed by atoms with Crippen molar-refractivity contribution < 1.29 is 18.7 Å². The van der Waals surface area contributed by atoms with Crippen LogP contribution in [0.5, 0.6) is 11.8 Å². The number of nitrogens with zero attached hydrogens (tertiary/aromatic N) is 4. The molecule has 4 rings (SSSR count). The Kier molecular flexibility index (Phi) is 4.92. The SMILES string of the molecule is CCOc1nc(N2C[C@H]3C(=O)N(C)C(=N)N[C@@]3(c3ccccc3)C2)nc(OC)c1F. The van der Waals surface area contributed by atoms with Gasteiger partial charge in [0.05, 0.1) is 25.2 Å². The topological polar surface area (TPSA) is 104 Å². The number of carbonyl (C=O) groups is 1. The molecule has 2 aromatic rings. The number of carbonyl (C=O) groups excluding carboxylic acids is 1. The lowest BCUT2D eigenvalue weighted by Crippen LogP contribution is -2.64. The Bertz CT molecular complexity index is 988. The number of methoxy groups -OCH3 is 1. The molecular weight excluding hydrogens is 391 g/mol. The first kappa shape index (κ1) is 19.9. The van der Waals surface area contributed by atoms with E-state index in [1.54, 1.807) is 18.9 Å². The van der Waals surface area contributed by atoms with E-state index in [9.17, 15) is 9.18 Å². The molecule has 9 nitrogen and oxygen atoms in total. The van der Waals surface area contributed by atoms with Crippen LogP contribution in [0, 0.1) is 17.1 Å². The first-order valence-electron chi connectivity index (χ1n) is 9.60. The van der Waals surface area contributed by atoms with Crippen molar-refractivity contribution in [1.29, 1.82) is 5.41 Å². The number of rotatable bonds is 5. The van der Waals surface area contributed by atoms with Gasteiger partial charge >= 0.3 is 0 Å². The van der Waals surface area contributed by atoms with Crippen LogP contribution in [0.2, 0.25) is 0 Å². The van der Waals surface area contributed by atoms with Crippen molar-refractivity contribution in [2.45, 2.75) is 12.5 Å². The number of ether oxygens (including phenoxy) is 2. The van der Waals surface area contributed by atoms with Crippen LogP contribution >= 0.6 is 0 Å². The number of fused-ring (bicyclic) bond motifs is 1. The molecular formula is C20H23FN6O3. The Balaban J connectivity index is 1.79. The molecule has 2 fully saturated rings. The number of hydrogen-bond donors (Lipinski definition) is 2. The molecule has 1 aromatic heterocycles. The van der Waals surface area contributed by atoms with E-state index in [4.69, 9.17) is 14.9 Å². The molecule has 0 radical (unpaired) electrons. The molecule has 30 heavy (non-hydrogen) atoms. The maximum atomic E-state index is 14.4. The van der Waals surface area contributed by atoms with Crippen molar-refractivity contribution in [3.8, 4) is 11.8 Å². The Labute approximate surface area is 173 Å². The lowest BCUT2D eigenvalue weighted by molar-refractivity contribution is -0.134. The molecule has 1 aromatic carbocycles. The number of aromatic nitrogens is 2. The molecule has 2 atom stereocenters. The molecule has 10 heteroatoms. The molecule has 3 heterocycles. The summed E-state index contributed by atoms with van der Waals surface area (Å²) in [6, 6.07) is 9.53. The maximum absolute atomic E-state index is 14.4. The number of halogens is 1. The summed E-state index contributed by atoms with van der Waals surface area (Å²) in [6.45, 7) is 2.56. The van der Waals surface area contributed by atoms with Crippen LogP contribution in [-0.2, 0) is 10.3 Å². The van der Waals surface area contributed by atoms with Crippen molar-refractivity contribution >= 4 is 17.8 Å². The highest BCUT2D eigenvalue weighted by Gasteiger charge is 2.56. The zero-order valence-corrected chi connectivity index (χ0v) is 17.0. The summed E-state index contributed by atoms with van der Waals surface area (Å²) in [5.74, 6) is -1.64. The van der Waals surface area contributed by atoms with Gasteiger partial charge in [0, 0.05) is 20.1 Å². The zero-order valence-electron chi connectivity index (χ0n) is 17.0. The largest absolute Gasteiger partial charge is 0.479 e. The monoisotopic (exact) mass is 414 g/mol. The third kappa shape index (κ3) is 2.99. The molecule has 0 bridgehead atoms. The molecule has 2 aliphatic rings. The van der Waals surface area contributed by atoms with E-state index in [1.807, 2.05) is 30.3 Å².